The molecule has 3 rings (SSSR count). The van der Waals surface area contributed by atoms with Gasteiger partial charge in [-0.15, -0.1) is 0 Å². The Balaban J connectivity index is 2.18. The second-order valence-electron chi connectivity index (χ2n) is 4.95. The number of para-hydroxylation sites is 1. The zero-order valence-electron chi connectivity index (χ0n) is 11.0. The fourth-order valence-electron chi connectivity index (χ4n) is 2.91. The molecule has 0 N–H and O–H groups in total. The van der Waals surface area contributed by atoms with Gasteiger partial charge in [-0.25, -0.2) is 0 Å². The van der Waals surface area contributed by atoms with Crippen molar-refractivity contribution in [2.75, 3.05) is 5.33 Å². The minimum absolute atomic E-state index is 0.161. The summed E-state index contributed by atoms with van der Waals surface area (Å²) in [6.45, 7) is 0. The summed E-state index contributed by atoms with van der Waals surface area (Å²) in [4.78, 5) is 12.6. The summed E-state index contributed by atoms with van der Waals surface area (Å²) in [5.74, 6) is 0.529. The van der Waals surface area contributed by atoms with E-state index in [1.165, 1.54) is 0 Å². The summed E-state index contributed by atoms with van der Waals surface area (Å²) < 4.78 is 5.52. The van der Waals surface area contributed by atoms with Crippen LogP contribution >= 0.6 is 15.9 Å². The maximum Gasteiger partial charge on any atom is 0.326 e. The quantitative estimate of drug-likeness (QED) is 0.480. The Bertz CT molecular complexity index is 624. The predicted octanol–water partition coefficient (Wildman–Crippen LogP) is 4.07. The van der Waals surface area contributed by atoms with Gasteiger partial charge in [0.05, 0.1) is 0 Å². The first-order chi connectivity index (χ1) is 9.79. The predicted molar refractivity (Wildman–Crippen MR) is 82.3 cm³/mol. The Morgan fingerprint density at radius 2 is 1.70 bits per heavy atom. The minimum Gasteiger partial charge on any atom is -0.425 e. The van der Waals surface area contributed by atoms with Crippen LogP contribution in [-0.2, 0) is 10.2 Å². The molecule has 0 saturated heterocycles. The molecule has 102 valence electrons. The van der Waals surface area contributed by atoms with Crippen molar-refractivity contribution in [1.29, 1.82) is 0 Å². The van der Waals surface area contributed by atoms with E-state index in [0.29, 0.717) is 5.75 Å². The van der Waals surface area contributed by atoms with Gasteiger partial charge in [0.2, 0.25) is 0 Å². The summed E-state index contributed by atoms with van der Waals surface area (Å²) >= 11 is 3.46. The highest BCUT2D eigenvalue weighted by molar-refractivity contribution is 9.09. The van der Waals surface area contributed by atoms with E-state index in [0.717, 1.165) is 29.3 Å². The maximum atomic E-state index is 12.6. The van der Waals surface area contributed by atoms with Gasteiger partial charge in [0.1, 0.15) is 11.2 Å². The van der Waals surface area contributed by atoms with E-state index < -0.39 is 5.41 Å². The van der Waals surface area contributed by atoms with Crippen LogP contribution in [0.25, 0.3) is 0 Å². The van der Waals surface area contributed by atoms with Crippen LogP contribution in [0.3, 0.4) is 0 Å². The number of carbonyl (C=O) groups excluding carboxylic acids is 1. The molecule has 0 saturated carbocycles. The lowest BCUT2D eigenvalue weighted by atomic mass is 9.72. The molecule has 1 heterocycles. The van der Waals surface area contributed by atoms with Crippen molar-refractivity contribution >= 4 is 21.9 Å². The summed E-state index contributed by atoms with van der Waals surface area (Å²) in [7, 11) is 0. The van der Waals surface area contributed by atoms with Crippen LogP contribution in [0.1, 0.15) is 24.0 Å². The number of alkyl halides is 1. The average Bonchev–Trinajstić information content (AvgIpc) is 2.79. The first kappa shape index (κ1) is 13.4. The van der Waals surface area contributed by atoms with E-state index in [4.69, 9.17) is 4.74 Å². The number of ether oxygens (including phenoxy) is 1. The summed E-state index contributed by atoms with van der Waals surface area (Å²) in [6, 6.07) is 17.7. The molecule has 0 aliphatic carbocycles. The molecule has 1 unspecified atom stereocenters. The SMILES string of the molecule is O=C1Oc2ccccc2C1(CCCBr)c1ccccc1. The molecule has 2 aromatic rings. The van der Waals surface area contributed by atoms with Gasteiger partial charge in [0.25, 0.3) is 0 Å². The molecule has 0 bridgehead atoms. The molecule has 0 aromatic heterocycles. The number of benzene rings is 2. The Morgan fingerprint density at radius 1 is 1.00 bits per heavy atom. The zero-order valence-corrected chi connectivity index (χ0v) is 12.6. The van der Waals surface area contributed by atoms with Crippen molar-refractivity contribution in [3.05, 3.63) is 65.7 Å². The van der Waals surface area contributed by atoms with Crippen molar-refractivity contribution in [3.8, 4) is 5.75 Å². The maximum absolute atomic E-state index is 12.6. The largest absolute Gasteiger partial charge is 0.425 e. The van der Waals surface area contributed by atoms with Crippen molar-refractivity contribution in [1.82, 2.24) is 0 Å². The van der Waals surface area contributed by atoms with Gasteiger partial charge in [-0.3, -0.25) is 4.79 Å². The van der Waals surface area contributed by atoms with Gasteiger partial charge in [0.15, 0.2) is 0 Å². The van der Waals surface area contributed by atoms with E-state index in [2.05, 4.69) is 15.9 Å². The second kappa shape index (κ2) is 5.41. The molecule has 1 aliphatic heterocycles. The molecule has 2 aromatic carbocycles. The lowest BCUT2D eigenvalue weighted by Gasteiger charge is -2.26. The molecule has 1 aliphatic rings. The Labute approximate surface area is 126 Å². The van der Waals surface area contributed by atoms with Crippen LogP contribution < -0.4 is 4.74 Å². The monoisotopic (exact) mass is 330 g/mol. The van der Waals surface area contributed by atoms with Crippen LogP contribution in [0.2, 0.25) is 0 Å². The highest BCUT2D eigenvalue weighted by Gasteiger charge is 2.49. The summed E-state index contributed by atoms with van der Waals surface area (Å²) in [5.41, 5.74) is 1.33. The topological polar surface area (TPSA) is 26.3 Å². The average molecular weight is 331 g/mol. The third-order valence-corrected chi connectivity index (χ3v) is 4.41. The van der Waals surface area contributed by atoms with Crippen molar-refractivity contribution in [2.45, 2.75) is 18.3 Å². The first-order valence-corrected chi connectivity index (χ1v) is 7.84. The van der Waals surface area contributed by atoms with E-state index >= 15 is 0 Å². The number of hydrogen-bond acceptors (Lipinski definition) is 2. The third kappa shape index (κ3) is 1.97. The zero-order chi connectivity index (χ0) is 14.0. The van der Waals surface area contributed by atoms with E-state index in [1.54, 1.807) is 0 Å². The standard InChI is InChI=1S/C17H15BrO2/c18-12-6-11-17(13-7-2-1-3-8-13)14-9-4-5-10-15(14)20-16(17)19/h1-5,7-10H,6,11-12H2. The Kier molecular flexibility index (Phi) is 3.62. The van der Waals surface area contributed by atoms with Gasteiger partial charge in [-0.2, -0.15) is 0 Å². The lowest BCUT2D eigenvalue weighted by molar-refractivity contribution is -0.137. The number of hydrogen-bond donors (Lipinski definition) is 0. The van der Waals surface area contributed by atoms with Gasteiger partial charge in [-0.05, 0) is 24.5 Å². The van der Waals surface area contributed by atoms with Crippen LogP contribution in [0.4, 0.5) is 0 Å². The normalized spacial score (nSPS) is 20.6. The Hall–Kier alpha value is -1.61. The minimum atomic E-state index is -0.661. The van der Waals surface area contributed by atoms with Crippen molar-refractivity contribution < 1.29 is 9.53 Å². The van der Waals surface area contributed by atoms with E-state index in [9.17, 15) is 4.79 Å². The molecule has 0 radical (unpaired) electrons. The fraction of sp³-hybridized carbons (Fsp3) is 0.235. The molecule has 1 atom stereocenters. The summed E-state index contributed by atoms with van der Waals surface area (Å²) in [6.07, 6.45) is 1.66. The van der Waals surface area contributed by atoms with Gasteiger partial charge >= 0.3 is 5.97 Å². The van der Waals surface area contributed by atoms with E-state index in [-0.39, 0.29) is 5.97 Å². The molecule has 0 amide bonds. The van der Waals surface area contributed by atoms with Gasteiger partial charge in [-0.1, -0.05) is 64.5 Å². The highest BCUT2D eigenvalue weighted by atomic mass is 79.9. The number of rotatable bonds is 4. The first-order valence-electron chi connectivity index (χ1n) is 6.72. The number of esters is 1. The van der Waals surface area contributed by atoms with Gasteiger partial charge < -0.3 is 4.74 Å². The molecule has 3 heteroatoms. The summed E-state index contributed by atoms with van der Waals surface area (Å²) in [5, 5.41) is 0.872. The van der Waals surface area contributed by atoms with Crippen LogP contribution in [0.15, 0.2) is 54.6 Å². The molecular formula is C17H15BrO2. The molecule has 20 heavy (non-hydrogen) atoms. The van der Waals surface area contributed by atoms with Gasteiger partial charge in [0, 0.05) is 10.9 Å². The second-order valence-corrected chi connectivity index (χ2v) is 5.74. The third-order valence-electron chi connectivity index (χ3n) is 3.85. The highest BCUT2D eigenvalue weighted by Crippen LogP contribution is 2.47. The Morgan fingerprint density at radius 3 is 2.45 bits per heavy atom. The fourth-order valence-corrected chi connectivity index (χ4v) is 3.19. The smallest absolute Gasteiger partial charge is 0.326 e. The lowest BCUT2D eigenvalue weighted by Crippen LogP contribution is -2.35. The van der Waals surface area contributed by atoms with Crippen LogP contribution in [-0.4, -0.2) is 11.3 Å². The van der Waals surface area contributed by atoms with Crippen molar-refractivity contribution in [3.63, 3.8) is 0 Å². The molecular weight excluding hydrogens is 316 g/mol. The molecule has 2 nitrogen and oxygen atoms in total. The van der Waals surface area contributed by atoms with Crippen LogP contribution in [0.5, 0.6) is 5.75 Å². The number of carbonyl (C=O) groups is 1. The van der Waals surface area contributed by atoms with Crippen LogP contribution in [0, 0.1) is 0 Å². The van der Waals surface area contributed by atoms with Crippen molar-refractivity contribution in [2.24, 2.45) is 0 Å². The molecule has 0 fully saturated rings. The number of halogens is 1. The number of fused-ring (bicyclic) bond motifs is 1. The molecule has 0 spiro atoms. The van der Waals surface area contributed by atoms with E-state index in [1.807, 2.05) is 54.6 Å².